The van der Waals surface area contributed by atoms with Crippen molar-refractivity contribution in [2.75, 3.05) is 11.9 Å². The molecule has 1 aliphatic carbocycles. The summed E-state index contributed by atoms with van der Waals surface area (Å²) in [5, 5.41) is 3.40. The molecule has 1 amide bonds. The number of primary amides is 1. The zero-order chi connectivity index (χ0) is 13.7. The van der Waals surface area contributed by atoms with Gasteiger partial charge < -0.3 is 15.8 Å². The summed E-state index contributed by atoms with van der Waals surface area (Å²) in [5.41, 5.74) is 5.33. The fraction of sp³-hybridized carbons (Fsp3) is 0.571. The summed E-state index contributed by atoms with van der Waals surface area (Å²) in [6, 6.07) is 6.07. The normalized spacial score (nSPS) is 22.8. The SMILES string of the molecule is CCOc1cccc(NC2CCC(C(N)=O)CC2)n1. The maximum atomic E-state index is 11.1. The molecule has 0 radical (unpaired) electrons. The predicted octanol–water partition coefficient (Wildman–Crippen LogP) is 1.94. The van der Waals surface area contributed by atoms with Gasteiger partial charge in [-0.15, -0.1) is 0 Å². The highest BCUT2D eigenvalue weighted by Crippen LogP contribution is 2.26. The topological polar surface area (TPSA) is 77.2 Å². The van der Waals surface area contributed by atoms with E-state index in [1.807, 2.05) is 25.1 Å². The molecule has 2 rings (SSSR count). The highest BCUT2D eigenvalue weighted by atomic mass is 16.5. The Bertz CT molecular complexity index is 428. The molecule has 5 nitrogen and oxygen atoms in total. The van der Waals surface area contributed by atoms with Crippen molar-refractivity contribution in [3.8, 4) is 5.88 Å². The van der Waals surface area contributed by atoms with Crippen molar-refractivity contribution in [3.63, 3.8) is 0 Å². The highest BCUT2D eigenvalue weighted by molar-refractivity contribution is 5.76. The summed E-state index contributed by atoms with van der Waals surface area (Å²) in [5.74, 6) is 1.34. The molecular weight excluding hydrogens is 242 g/mol. The third kappa shape index (κ3) is 3.84. The Hall–Kier alpha value is -1.78. The van der Waals surface area contributed by atoms with Crippen molar-refractivity contribution in [2.24, 2.45) is 11.7 Å². The largest absolute Gasteiger partial charge is 0.478 e. The number of carbonyl (C=O) groups excluding carboxylic acids is 1. The van der Waals surface area contributed by atoms with Crippen molar-refractivity contribution in [1.29, 1.82) is 0 Å². The number of rotatable bonds is 5. The van der Waals surface area contributed by atoms with Gasteiger partial charge in [0, 0.05) is 18.0 Å². The average molecular weight is 263 g/mol. The monoisotopic (exact) mass is 263 g/mol. The number of nitrogens with one attached hydrogen (secondary N) is 1. The molecule has 19 heavy (non-hydrogen) atoms. The average Bonchev–Trinajstić information content (AvgIpc) is 2.40. The Kier molecular flexibility index (Phi) is 4.60. The maximum absolute atomic E-state index is 11.1. The van der Waals surface area contributed by atoms with E-state index in [2.05, 4.69) is 10.3 Å². The van der Waals surface area contributed by atoms with Crippen LogP contribution in [0.4, 0.5) is 5.82 Å². The van der Waals surface area contributed by atoms with Crippen LogP contribution in [0, 0.1) is 5.92 Å². The van der Waals surface area contributed by atoms with Gasteiger partial charge in [-0.3, -0.25) is 4.79 Å². The standard InChI is InChI=1S/C14H21N3O2/c1-2-19-13-5-3-4-12(17-13)16-11-8-6-10(7-9-11)14(15)18/h3-5,10-11H,2,6-9H2,1H3,(H2,15,18)(H,16,17). The van der Waals surface area contributed by atoms with Crippen LogP contribution in [0.1, 0.15) is 32.6 Å². The molecule has 0 spiro atoms. The van der Waals surface area contributed by atoms with Gasteiger partial charge in [0.05, 0.1) is 6.61 Å². The fourth-order valence-corrected chi connectivity index (χ4v) is 2.45. The van der Waals surface area contributed by atoms with E-state index in [-0.39, 0.29) is 11.8 Å². The third-order valence-electron chi connectivity index (χ3n) is 3.50. The first-order chi connectivity index (χ1) is 9.19. The number of ether oxygens (including phenoxy) is 1. The Morgan fingerprint density at radius 3 is 2.79 bits per heavy atom. The molecule has 0 atom stereocenters. The van der Waals surface area contributed by atoms with Crippen molar-refractivity contribution < 1.29 is 9.53 Å². The summed E-state index contributed by atoms with van der Waals surface area (Å²) in [4.78, 5) is 15.5. The molecule has 0 aliphatic heterocycles. The van der Waals surface area contributed by atoms with E-state index in [1.165, 1.54) is 0 Å². The second-order valence-corrected chi connectivity index (χ2v) is 4.89. The first kappa shape index (κ1) is 13.6. The highest BCUT2D eigenvalue weighted by Gasteiger charge is 2.24. The zero-order valence-electron chi connectivity index (χ0n) is 11.3. The molecular formula is C14H21N3O2. The number of pyridine rings is 1. The lowest BCUT2D eigenvalue weighted by molar-refractivity contribution is -0.122. The third-order valence-corrected chi connectivity index (χ3v) is 3.50. The van der Waals surface area contributed by atoms with E-state index in [0.717, 1.165) is 31.5 Å². The number of nitrogens with two attached hydrogens (primary N) is 1. The van der Waals surface area contributed by atoms with Crippen LogP contribution in [0.2, 0.25) is 0 Å². The van der Waals surface area contributed by atoms with Gasteiger partial charge in [-0.25, -0.2) is 0 Å². The van der Waals surface area contributed by atoms with Crippen molar-refractivity contribution in [1.82, 2.24) is 4.98 Å². The molecule has 0 aromatic carbocycles. The van der Waals surface area contributed by atoms with Gasteiger partial charge in [0.25, 0.3) is 0 Å². The molecule has 0 unspecified atom stereocenters. The second kappa shape index (κ2) is 6.41. The quantitative estimate of drug-likeness (QED) is 0.851. The molecule has 5 heteroatoms. The molecule has 1 fully saturated rings. The van der Waals surface area contributed by atoms with Crippen LogP contribution in [0.3, 0.4) is 0 Å². The minimum atomic E-state index is -0.171. The molecule has 1 saturated carbocycles. The number of hydrogen-bond donors (Lipinski definition) is 2. The number of nitrogens with zero attached hydrogens (tertiary/aromatic N) is 1. The Morgan fingerprint density at radius 2 is 2.16 bits per heavy atom. The summed E-state index contributed by atoms with van der Waals surface area (Å²) < 4.78 is 5.37. The van der Waals surface area contributed by atoms with Gasteiger partial charge >= 0.3 is 0 Å². The fourth-order valence-electron chi connectivity index (χ4n) is 2.45. The Labute approximate surface area is 113 Å². The first-order valence-corrected chi connectivity index (χ1v) is 6.84. The van der Waals surface area contributed by atoms with Crippen LogP contribution in [0.25, 0.3) is 0 Å². The van der Waals surface area contributed by atoms with Crippen LogP contribution >= 0.6 is 0 Å². The van der Waals surface area contributed by atoms with Crippen LogP contribution in [0.5, 0.6) is 5.88 Å². The van der Waals surface area contributed by atoms with Crippen LogP contribution < -0.4 is 15.8 Å². The summed E-state index contributed by atoms with van der Waals surface area (Å²) in [6.07, 6.45) is 3.62. The molecule has 104 valence electrons. The number of hydrogen-bond acceptors (Lipinski definition) is 4. The van der Waals surface area contributed by atoms with Gasteiger partial charge in [0.1, 0.15) is 5.82 Å². The van der Waals surface area contributed by atoms with E-state index >= 15 is 0 Å². The zero-order valence-corrected chi connectivity index (χ0v) is 11.3. The summed E-state index contributed by atoms with van der Waals surface area (Å²) in [7, 11) is 0. The van der Waals surface area contributed by atoms with Crippen molar-refractivity contribution in [3.05, 3.63) is 18.2 Å². The van der Waals surface area contributed by atoms with Crippen LogP contribution in [-0.4, -0.2) is 23.5 Å². The van der Waals surface area contributed by atoms with Crippen molar-refractivity contribution in [2.45, 2.75) is 38.6 Å². The van der Waals surface area contributed by atoms with Crippen LogP contribution in [-0.2, 0) is 4.79 Å². The minimum Gasteiger partial charge on any atom is -0.478 e. The lowest BCUT2D eigenvalue weighted by atomic mass is 9.85. The van der Waals surface area contributed by atoms with Gasteiger partial charge in [0.15, 0.2) is 0 Å². The summed E-state index contributed by atoms with van der Waals surface area (Å²) >= 11 is 0. The summed E-state index contributed by atoms with van der Waals surface area (Å²) in [6.45, 7) is 2.55. The van der Waals surface area contributed by atoms with Gasteiger partial charge in [-0.05, 0) is 38.7 Å². The predicted molar refractivity (Wildman–Crippen MR) is 74.0 cm³/mol. The van der Waals surface area contributed by atoms with E-state index in [9.17, 15) is 4.79 Å². The van der Waals surface area contributed by atoms with Crippen LogP contribution in [0.15, 0.2) is 18.2 Å². The Morgan fingerprint density at radius 1 is 1.42 bits per heavy atom. The number of carbonyl (C=O) groups is 1. The lowest BCUT2D eigenvalue weighted by Crippen LogP contribution is -2.32. The molecule has 0 bridgehead atoms. The number of aromatic nitrogens is 1. The van der Waals surface area contributed by atoms with E-state index in [1.54, 1.807) is 0 Å². The van der Waals surface area contributed by atoms with Gasteiger partial charge in [-0.2, -0.15) is 4.98 Å². The maximum Gasteiger partial charge on any atom is 0.220 e. The van der Waals surface area contributed by atoms with Gasteiger partial charge in [0.2, 0.25) is 11.8 Å². The molecule has 1 heterocycles. The molecule has 0 saturated heterocycles. The van der Waals surface area contributed by atoms with E-state index in [0.29, 0.717) is 18.5 Å². The molecule has 1 aromatic heterocycles. The van der Waals surface area contributed by atoms with Crippen molar-refractivity contribution >= 4 is 11.7 Å². The minimum absolute atomic E-state index is 0.0424. The first-order valence-electron chi connectivity index (χ1n) is 6.84. The lowest BCUT2D eigenvalue weighted by Gasteiger charge is -2.27. The Balaban J connectivity index is 1.88. The molecule has 1 aromatic rings. The molecule has 1 aliphatic rings. The number of amides is 1. The number of anilines is 1. The van der Waals surface area contributed by atoms with E-state index in [4.69, 9.17) is 10.5 Å². The smallest absolute Gasteiger partial charge is 0.220 e. The molecule has 3 N–H and O–H groups in total. The second-order valence-electron chi connectivity index (χ2n) is 4.89. The van der Waals surface area contributed by atoms with E-state index < -0.39 is 0 Å². The van der Waals surface area contributed by atoms with Gasteiger partial charge in [-0.1, -0.05) is 6.07 Å².